The lowest BCUT2D eigenvalue weighted by molar-refractivity contribution is 0.133. The Morgan fingerprint density at radius 1 is 1.29 bits per heavy atom. The van der Waals surface area contributed by atoms with Crippen molar-refractivity contribution in [2.45, 2.75) is 44.3 Å². The maximum atomic E-state index is 9.60. The summed E-state index contributed by atoms with van der Waals surface area (Å²) < 4.78 is 5.15. The van der Waals surface area contributed by atoms with Crippen LogP contribution in [0.1, 0.15) is 31.2 Å². The second-order valence-electron chi connectivity index (χ2n) is 6.52. The van der Waals surface area contributed by atoms with Crippen molar-refractivity contribution in [3.05, 3.63) is 23.8 Å². The molecule has 0 aliphatic carbocycles. The van der Waals surface area contributed by atoms with Crippen molar-refractivity contribution in [2.75, 3.05) is 20.7 Å². The average molecular weight is 290 g/mol. The molecule has 2 N–H and O–H groups in total. The standard InChI is InChI=1S/C17H26N2O2/c1-19-14-4-5-15(19)8-13(7-14)11-18-10-12-3-6-16(20)17(9-12)21-2/h3,6,9,13-15,18,20H,4-5,7-8,10-11H2,1-2H3. The summed E-state index contributed by atoms with van der Waals surface area (Å²) in [6, 6.07) is 7.17. The van der Waals surface area contributed by atoms with Gasteiger partial charge in [-0.3, -0.25) is 0 Å². The fourth-order valence-corrected chi connectivity index (χ4v) is 3.94. The Bertz CT molecular complexity index is 478. The van der Waals surface area contributed by atoms with Crippen molar-refractivity contribution in [3.63, 3.8) is 0 Å². The van der Waals surface area contributed by atoms with Gasteiger partial charge >= 0.3 is 0 Å². The number of hydrogen-bond acceptors (Lipinski definition) is 4. The predicted octanol–water partition coefficient (Wildman–Crippen LogP) is 2.36. The number of piperidine rings is 1. The maximum absolute atomic E-state index is 9.60. The van der Waals surface area contributed by atoms with Crippen LogP contribution in [0.15, 0.2) is 18.2 Å². The highest BCUT2D eigenvalue weighted by atomic mass is 16.5. The van der Waals surface area contributed by atoms with Crippen molar-refractivity contribution >= 4 is 0 Å². The van der Waals surface area contributed by atoms with Gasteiger partial charge in [-0.2, -0.15) is 0 Å². The minimum Gasteiger partial charge on any atom is -0.504 e. The summed E-state index contributed by atoms with van der Waals surface area (Å²) in [5, 5.41) is 13.2. The number of fused-ring (bicyclic) bond motifs is 2. The average Bonchev–Trinajstić information content (AvgIpc) is 2.71. The van der Waals surface area contributed by atoms with E-state index in [9.17, 15) is 5.11 Å². The number of methoxy groups -OCH3 is 1. The number of nitrogens with zero attached hydrogens (tertiary/aromatic N) is 1. The minimum atomic E-state index is 0.202. The number of phenolic OH excluding ortho intramolecular Hbond substituents is 1. The van der Waals surface area contributed by atoms with Gasteiger partial charge in [0.05, 0.1) is 7.11 Å². The molecular weight excluding hydrogens is 264 g/mol. The fraction of sp³-hybridized carbons (Fsp3) is 0.647. The fourth-order valence-electron chi connectivity index (χ4n) is 3.94. The lowest BCUT2D eigenvalue weighted by Crippen LogP contribution is -2.42. The monoisotopic (exact) mass is 290 g/mol. The highest BCUT2D eigenvalue weighted by Gasteiger charge is 2.37. The molecule has 0 amide bonds. The quantitative estimate of drug-likeness (QED) is 0.874. The normalized spacial score (nSPS) is 28.8. The Balaban J connectivity index is 1.48. The van der Waals surface area contributed by atoms with Crippen LogP contribution in [0.2, 0.25) is 0 Å². The molecule has 2 fully saturated rings. The number of aromatic hydroxyl groups is 1. The van der Waals surface area contributed by atoms with Crippen LogP contribution in [0.3, 0.4) is 0 Å². The van der Waals surface area contributed by atoms with Crippen LogP contribution in [0, 0.1) is 5.92 Å². The minimum absolute atomic E-state index is 0.202. The lowest BCUT2D eigenvalue weighted by Gasteiger charge is -2.36. The molecule has 2 aliphatic rings. The first-order valence-electron chi connectivity index (χ1n) is 7.96. The van der Waals surface area contributed by atoms with E-state index in [1.54, 1.807) is 13.2 Å². The van der Waals surface area contributed by atoms with E-state index >= 15 is 0 Å². The van der Waals surface area contributed by atoms with Gasteiger partial charge in [-0.05, 0) is 62.9 Å². The Morgan fingerprint density at radius 2 is 2.00 bits per heavy atom. The van der Waals surface area contributed by atoms with Crippen LogP contribution in [-0.4, -0.2) is 42.8 Å². The van der Waals surface area contributed by atoms with Gasteiger partial charge < -0.3 is 20.1 Å². The molecule has 4 heteroatoms. The van der Waals surface area contributed by atoms with Crippen molar-refractivity contribution in [3.8, 4) is 11.5 Å². The largest absolute Gasteiger partial charge is 0.504 e. The summed E-state index contributed by atoms with van der Waals surface area (Å²) in [7, 11) is 3.87. The van der Waals surface area contributed by atoms with Crippen molar-refractivity contribution in [1.82, 2.24) is 10.2 Å². The Kier molecular flexibility index (Phi) is 4.36. The zero-order valence-electron chi connectivity index (χ0n) is 13.0. The van der Waals surface area contributed by atoms with E-state index in [0.29, 0.717) is 5.75 Å². The Morgan fingerprint density at radius 3 is 2.67 bits per heavy atom. The molecule has 0 radical (unpaired) electrons. The molecule has 0 saturated carbocycles. The van der Waals surface area contributed by atoms with Gasteiger partial charge in [0.25, 0.3) is 0 Å². The first-order valence-corrected chi connectivity index (χ1v) is 7.96. The number of ether oxygens (including phenoxy) is 1. The summed E-state index contributed by atoms with van der Waals surface area (Å²) in [5.41, 5.74) is 1.15. The zero-order chi connectivity index (χ0) is 14.8. The van der Waals surface area contributed by atoms with Crippen LogP contribution in [-0.2, 0) is 6.54 Å². The van der Waals surface area contributed by atoms with Crippen LogP contribution in [0.25, 0.3) is 0 Å². The van der Waals surface area contributed by atoms with Crippen LogP contribution in [0.5, 0.6) is 11.5 Å². The van der Waals surface area contributed by atoms with Crippen LogP contribution < -0.4 is 10.1 Å². The molecule has 0 spiro atoms. The van der Waals surface area contributed by atoms with Crippen LogP contribution >= 0.6 is 0 Å². The van der Waals surface area contributed by atoms with Crippen molar-refractivity contribution in [2.24, 2.45) is 5.92 Å². The molecule has 1 aromatic rings. The van der Waals surface area contributed by atoms with Crippen LogP contribution in [0.4, 0.5) is 0 Å². The molecule has 116 valence electrons. The van der Waals surface area contributed by atoms with Gasteiger partial charge in [-0.1, -0.05) is 6.07 Å². The van der Waals surface area contributed by atoms with Gasteiger partial charge in [0.2, 0.25) is 0 Å². The third-order valence-electron chi connectivity index (χ3n) is 5.20. The van der Waals surface area contributed by atoms with E-state index in [1.807, 2.05) is 12.1 Å². The third kappa shape index (κ3) is 3.16. The SMILES string of the molecule is COc1cc(CNCC2CC3CCC(C2)N3C)ccc1O. The molecule has 2 aliphatic heterocycles. The maximum Gasteiger partial charge on any atom is 0.160 e. The lowest BCUT2D eigenvalue weighted by atomic mass is 9.91. The third-order valence-corrected chi connectivity index (χ3v) is 5.20. The first-order chi connectivity index (χ1) is 10.2. The highest BCUT2D eigenvalue weighted by molar-refractivity contribution is 5.41. The highest BCUT2D eigenvalue weighted by Crippen LogP contribution is 2.37. The summed E-state index contributed by atoms with van der Waals surface area (Å²) in [5.74, 6) is 1.55. The van der Waals surface area contributed by atoms with Gasteiger partial charge in [-0.25, -0.2) is 0 Å². The second-order valence-corrected chi connectivity index (χ2v) is 6.52. The van der Waals surface area contributed by atoms with E-state index in [2.05, 4.69) is 17.3 Å². The molecule has 1 aromatic carbocycles. The predicted molar refractivity (Wildman–Crippen MR) is 83.7 cm³/mol. The van der Waals surface area contributed by atoms with Gasteiger partial charge in [0.1, 0.15) is 0 Å². The van der Waals surface area contributed by atoms with E-state index in [4.69, 9.17) is 4.74 Å². The molecule has 2 unspecified atom stereocenters. The van der Waals surface area contributed by atoms with Gasteiger partial charge in [-0.15, -0.1) is 0 Å². The van der Waals surface area contributed by atoms with E-state index in [0.717, 1.165) is 36.7 Å². The first kappa shape index (κ1) is 14.7. The number of rotatable bonds is 5. The molecule has 3 rings (SSSR count). The summed E-state index contributed by atoms with van der Waals surface area (Å²) in [4.78, 5) is 2.58. The molecule has 2 atom stereocenters. The van der Waals surface area contributed by atoms with Crippen molar-refractivity contribution in [1.29, 1.82) is 0 Å². The van der Waals surface area contributed by atoms with E-state index < -0.39 is 0 Å². The van der Waals surface area contributed by atoms with Gasteiger partial charge in [0.15, 0.2) is 11.5 Å². The smallest absolute Gasteiger partial charge is 0.160 e. The molecule has 4 nitrogen and oxygen atoms in total. The van der Waals surface area contributed by atoms with E-state index in [-0.39, 0.29) is 5.75 Å². The molecule has 2 saturated heterocycles. The topological polar surface area (TPSA) is 44.7 Å². The van der Waals surface area contributed by atoms with Gasteiger partial charge in [0, 0.05) is 18.6 Å². The number of benzene rings is 1. The molecule has 2 heterocycles. The molecule has 0 aromatic heterocycles. The van der Waals surface area contributed by atoms with Crippen molar-refractivity contribution < 1.29 is 9.84 Å². The number of phenols is 1. The van der Waals surface area contributed by atoms with E-state index in [1.165, 1.54) is 25.7 Å². The molecule has 2 bridgehead atoms. The molecule has 21 heavy (non-hydrogen) atoms. The summed E-state index contributed by atoms with van der Waals surface area (Å²) in [6.45, 7) is 1.92. The number of nitrogens with one attached hydrogen (secondary N) is 1. The second kappa shape index (κ2) is 6.24. The Labute approximate surface area is 127 Å². The zero-order valence-corrected chi connectivity index (χ0v) is 13.0. The summed E-state index contributed by atoms with van der Waals surface area (Å²) in [6.07, 6.45) is 5.43. The molecular formula is C17H26N2O2. The Hall–Kier alpha value is -1.26. The summed E-state index contributed by atoms with van der Waals surface area (Å²) >= 11 is 0. The number of hydrogen-bond donors (Lipinski definition) is 2.